The highest BCUT2D eigenvalue weighted by atomic mass is 19.2. The van der Waals surface area contributed by atoms with Gasteiger partial charge in [0.25, 0.3) is 0 Å². The van der Waals surface area contributed by atoms with Gasteiger partial charge in [0.2, 0.25) is 0 Å². The Labute approximate surface area is 218 Å². The van der Waals surface area contributed by atoms with Crippen LogP contribution in [-0.2, 0) is 4.74 Å². The number of unbranched alkanes of at least 4 members (excludes halogenated alkanes) is 5. The fourth-order valence-corrected chi connectivity index (χ4v) is 5.01. The smallest absolute Gasteiger partial charge is 0.166 e. The molecule has 2 atom stereocenters. The molecule has 37 heavy (non-hydrogen) atoms. The molecule has 1 aliphatic heterocycles. The third-order valence-electron chi connectivity index (χ3n) is 7.28. The van der Waals surface area contributed by atoms with E-state index in [1.807, 2.05) is 19.1 Å². The van der Waals surface area contributed by atoms with Crippen LogP contribution in [0.5, 0.6) is 5.75 Å². The summed E-state index contributed by atoms with van der Waals surface area (Å²) in [6.45, 7) is 4.94. The van der Waals surface area contributed by atoms with Gasteiger partial charge in [-0.2, -0.15) is 0 Å². The van der Waals surface area contributed by atoms with E-state index in [9.17, 15) is 8.78 Å². The number of ether oxygens (including phenoxy) is 2. The lowest BCUT2D eigenvalue weighted by atomic mass is 9.88. The average Bonchev–Trinajstić information content (AvgIpc) is 2.91. The summed E-state index contributed by atoms with van der Waals surface area (Å²) in [4.78, 5) is 0. The molecule has 2 nitrogen and oxygen atoms in total. The zero-order valence-electron chi connectivity index (χ0n) is 21.9. The molecule has 0 radical (unpaired) electrons. The lowest BCUT2D eigenvalue weighted by molar-refractivity contribution is -0.000343. The minimum Gasteiger partial charge on any atom is -0.493 e. The molecular formula is C32H37F3O2. The quantitative estimate of drug-likeness (QED) is 0.239. The summed E-state index contributed by atoms with van der Waals surface area (Å²) in [6, 6.07) is 15.5. The average molecular weight is 511 g/mol. The van der Waals surface area contributed by atoms with Gasteiger partial charge >= 0.3 is 0 Å². The van der Waals surface area contributed by atoms with Crippen molar-refractivity contribution in [3.63, 3.8) is 0 Å². The van der Waals surface area contributed by atoms with Crippen LogP contribution in [0, 0.1) is 24.4 Å². The molecule has 0 N–H and O–H groups in total. The Kier molecular flexibility index (Phi) is 9.68. The highest BCUT2D eigenvalue weighted by molar-refractivity contribution is 5.65. The predicted molar refractivity (Wildman–Crippen MR) is 142 cm³/mol. The SMILES string of the molecule is CCCCCCCCOc1ccc(C2CCC(c3ccc(-c4ccc(C)cc4)c(F)c3F)CO2)c(F)c1. The van der Waals surface area contributed by atoms with E-state index >= 15 is 4.39 Å². The molecule has 0 aromatic heterocycles. The third kappa shape index (κ3) is 6.95. The van der Waals surface area contributed by atoms with Gasteiger partial charge in [0.1, 0.15) is 11.6 Å². The Hall–Kier alpha value is -2.79. The van der Waals surface area contributed by atoms with Crippen LogP contribution < -0.4 is 4.74 Å². The molecule has 198 valence electrons. The molecule has 0 spiro atoms. The van der Waals surface area contributed by atoms with E-state index in [0.29, 0.717) is 41.9 Å². The van der Waals surface area contributed by atoms with Gasteiger partial charge in [0.05, 0.1) is 19.3 Å². The van der Waals surface area contributed by atoms with Crippen molar-refractivity contribution in [1.82, 2.24) is 0 Å². The third-order valence-corrected chi connectivity index (χ3v) is 7.28. The molecule has 1 aliphatic rings. The molecule has 4 rings (SSSR count). The Balaban J connectivity index is 1.32. The molecule has 2 unspecified atom stereocenters. The van der Waals surface area contributed by atoms with Gasteiger partial charge in [-0.15, -0.1) is 0 Å². The molecular weight excluding hydrogens is 473 g/mol. The van der Waals surface area contributed by atoms with Crippen molar-refractivity contribution in [3.05, 3.63) is 88.7 Å². The Morgan fingerprint density at radius 1 is 0.811 bits per heavy atom. The van der Waals surface area contributed by atoms with Crippen LogP contribution in [0.2, 0.25) is 0 Å². The molecule has 0 aliphatic carbocycles. The second-order valence-electron chi connectivity index (χ2n) is 10.1. The summed E-state index contributed by atoms with van der Waals surface area (Å²) in [7, 11) is 0. The Bertz CT molecular complexity index is 1150. The minimum atomic E-state index is -0.842. The lowest BCUT2D eigenvalue weighted by Crippen LogP contribution is -2.21. The van der Waals surface area contributed by atoms with Crippen LogP contribution in [0.25, 0.3) is 11.1 Å². The number of halogens is 3. The monoisotopic (exact) mass is 510 g/mol. The van der Waals surface area contributed by atoms with Crippen molar-refractivity contribution in [3.8, 4) is 16.9 Å². The van der Waals surface area contributed by atoms with Crippen molar-refractivity contribution >= 4 is 0 Å². The highest BCUT2D eigenvalue weighted by Gasteiger charge is 2.29. The topological polar surface area (TPSA) is 18.5 Å². The number of benzene rings is 3. The molecule has 1 heterocycles. The molecule has 1 fully saturated rings. The summed E-state index contributed by atoms with van der Waals surface area (Å²) in [5, 5.41) is 0. The van der Waals surface area contributed by atoms with Gasteiger partial charge in [0.15, 0.2) is 11.6 Å². The van der Waals surface area contributed by atoms with Gasteiger partial charge in [-0.1, -0.05) is 81.0 Å². The molecule has 0 bridgehead atoms. The maximum Gasteiger partial charge on any atom is 0.166 e. The van der Waals surface area contributed by atoms with Crippen molar-refractivity contribution in [2.75, 3.05) is 13.2 Å². The maximum absolute atomic E-state index is 15.0. The Morgan fingerprint density at radius 2 is 1.54 bits per heavy atom. The first-order valence-electron chi connectivity index (χ1n) is 13.6. The summed E-state index contributed by atoms with van der Waals surface area (Å²) in [6.07, 6.45) is 7.74. The van der Waals surface area contributed by atoms with Gasteiger partial charge in [-0.3, -0.25) is 0 Å². The molecule has 0 saturated carbocycles. The highest BCUT2D eigenvalue weighted by Crippen LogP contribution is 2.39. The first-order valence-corrected chi connectivity index (χ1v) is 13.6. The second-order valence-corrected chi connectivity index (χ2v) is 10.1. The summed E-state index contributed by atoms with van der Waals surface area (Å²) < 4.78 is 56.5. The standard InChI is InChI=1S/C32H37F3O2/c1-3-4-5-6-7-8-19-36-25-14-15-28(29(33)20-25)30-18-13-24(21-37-30)27-17-16-26(31(34)32(27)35)23-11-9-22(2)10-12-23/h9-12,14-17,20,24,30H,3-8,13,18-19,21H2,1-2H3. The van der Waals surface area contributed by atoms with E-state index in [1.165, 1.54) is 31.7 Å². The summed E-state index contributed by atoms with van der Waals surface area (Å²) in [5.41, 5.74) is 2.74. The van der Waals surface area contributed by atoms with Crippen molar-refractivity contribution in [2.24, 2.45) is 0 Å². The summed E-state index contributed by atoms with van der Waals surface area (Å²) >= 11 is 0. The van der Waals surface area contributed by atoms with Gasteiger partial charge < -0.3 is 9.47 Å². The number of aryl methyl sites for hydroxylation is 1. The normalized spacial score (nSPS) is 17.6. The summed E-state index contributed by atoms with van der Waals surface area (Å²) in [5.74, 6) is -1.78. The van der Waals surface area contributed by atoms with Crippen molar-refractivity contribution in [1.29, 1.82) is 0 Å². The van der Waals surface area contributed by atoms with Gasteiger partial charge in [-0.05, 0) is 49.4 Å². The molecule has 3 aromatic carbocycles. The first kappa shape index (κ1) is 27.3. The zero-order chi connectivity index (χ0) is 26.2. The van der Waals surface area contributed by atoms with Crippen LogP contribution in [0.1, 0.15) is 87.0 Å². The van der Waals surface area contributed by atoms with E-state index in [-0.39, 0.29) is 23.9 Å². The predicted octanol–water partition coefficient (Wildman–Crippen LogP) is 9.45. The Morgan fingerprint density at radius 3 is 2.24 bits per heavy atom. The van der Waals surface area contributed by atoms with Crippen molar-refractivity contribution in [2.45, 2.75) is 77.2 Å². The molecule has 3 aromatic rings. The second kappa shape index (κ2) is 13.1. The van der Waals surface area contributed by atoms with Crippen LogP contribution >= 0.6 is 0 Å². The van der Waals surface area contributed by atoms with Crippen LogP contribution in [0.4, 0.5) is 13.2 Å². The van der Waals surface area contributed by atoms with Gasteiger partial charge in [-0.25, -0.2) is 13.2 Å². The van der Waals surface area contributed by atoms with Crippen LogP contribution in [-0.4, -0.2) is 13.2 Å². The molecule has 0 amide bonds. The molecule has 1 saturated heterocycles. The van der Waals surface area contributed by atoms with Crippen LogP contribution in [0.15, 0.2) is 54.6 Å². The van der Waals surface area contributed by atoms with E-state index in [0.717, 1.165) is 18.4 Å². The van der Waals surface area contributed by atoms with E-state index in [2.05, 4.69) is 6.92 Å². The van der Waals surface area contributed by atoms with E-state index in [1.54, 1.807) is 36.4 Å². The molecule has 5 heteroatoms. The minimum absolute atomic E-state index is 0.209. The number of hydrogen-bond donors (Lipinski definition) is 0. The largest absolute Gasteiger partial charge is 0.493 e. The van der Waals surface area contributed by atoms with Crippen LogP contribution in [0.3, 0.4) is 0 Å². The zero-order valence-corrected chi connectivity index (χ0v) is 21.9. The number of hydrogen-bond acceptors (Lipinski definition) is 2. The fraction of sp³-hybridized carbons (Fsp3) is 0.438. The van der Waals surface area contributed by atoms with Crippen molar-refractivity contribution < 1.29 is 22.6 Å². The maximum atomic E-state index is 15.0. The van der Waals surface area contributed by atoms with Gasteiger partial charge in [0, 0.05) is 23.1 Å². The lowest BCUT2D eigenvalue weighted by Gasteiger charge is -2.30. The number of rotatable bonds is 11. The van der Waals surface area contributed by atoms with E-state index in [4.69, 9.17) is 9.47 Å². The first-order chi connectivity index (χ1) is 18.0. The fourth-order valence-electron chi connectivity index (χ4n) is 5.01. The van der Waals surface area contributed by atoms with E-state index < -0.39 is 17.7 Å².